The van der Waals surface area contributed by atoms with Gasteiger partial charge in [-0.15, -0.1) is 0 Å². The van der Waals surface area contributed by atoms with Crippen LogP contribution in [0.4, 0.5) is 17.1 Å². The zero-order valence-corrected chi connectivity index (χ0v) is 51.8. The highest BCUT2D eigenvalue weighted by Gasteiger charge is 2.62. The smallest absolute Gasteiger partial charge is 0.247 e. The van der Waals surface area contributed by atoms with Crippen LogP contribution in [-0.2, 0) is 22.7 Å². The summed E-state index contributed by atoms with van der Waals surface area (Å²) < 4.78 is 0. The van der Waals surface area contributed by atoms with Gasteiger partial charge < -0.3 is 4.90 Å². The second-order valence-electron chi connectivity index (χ2n) is 27.6. The largest absolute Gasteiger partial charge is 0.311 e. The average molecular weight is 1140 g/mol. The van der Waals surface area contributed by atoms with Crippen LogP contribution in [-0.4, -0.2) is 6.71 Å². The predicted octanol–water partition coefficient (Wildman–Crippen LogP) is 20.7. The lowest BCUT2D eigenvalue weighted by Gasteiger charge is -2.39. The number of para-hydroxylation sites is 2. The second-order valence-corrected chi connectivity index (χ2v) is 27.6. The highest BCUT2D eigenvalue weighted by molar-refractivity contribution is 6.98. The van der Waals surface area contributed by atoms with E-state index in [4.69, 9.17) is 0 Å². The molecule has 13 aromatic rings. The molecule has 0 bridgehead atoms. The molecule has 3 atom stereocenters. The van der Waals surface area contributed by atoms with Crippen LogP contribution >= 0.6 is 0 Å². The molecule has 89 heavy (non-hydrogen) atoms. The summed E-state index contributed by atoms with van der Waals surface area (Å²) in [6.45, 7) is 14.1. The van der Waals surface area contributed by atoms with E-state index in [0.717, 1.165) is 18.5 Å². The van der Waals surface area contributed by atoms with Gasteiger partial charge in [0.1, 0.15) is 0 Å². The first-order valence-corrected chi connectivity index (χ1v) is 32.1. The van der Waals surface area contributed by atoms with Crippen molar-refractivity contribution in [2.75, 3.05) is 4.90 Å². The van der Waals surface area contributed by atoms with E-state index in [1.165, 1.54) is 138 Å². The third kappa shape index (κ3) is 9.29. The molecule has 1 saturated carbocycles. The summed E-state index contributed by atoms with van der Waals surface area (Å²) in [4.78, 5) is 2.60. The molecule has 1 fully saturated rings. The average Bonchev–Trinajstić information content (AvgIpc) is 1.51. The number of anilines is 3. The lowest BCUT2D eigenvalue weighted by atomic mass is 9.33. The quantitative estimate of drug-likeness (QED) is 0.0974. The van der Waals surface area contributed by atoms with Crippen LogP contribution in [0.25, 0.3) is 66.1 Å². The molecule has 2 heterocycles. The molecule has 0 aromatic heterocycles. The second kappa shape index (κ2) is 21.2. The van der Waals surface area contributed by atoms with Gasteiger partial charge in [0.15, 0.2) is 0 Å². The molecule has 2 aliphatic heterocycles. The molecule has 2 heteroatoms. The SMILES string of the molecule is CC(C)(C)c1cc(-c2cc(-c3cc4c5c(c3)C3(c6ccccc6)CC3c3cc(C(Cc6ccccc6)c6ccccc6)ccc3B5c3ccccc3N4c3ccccc3)cc(-c3c4ccccc4c(-c4ccccc4)c4ccccc34)c2)cc(C(C)(C)C)c1. The maximum absolute atomic E-state index is 2.68. The minimum atomic E-state index is -0.303. The van der Waals surface area contributed by atoms with Crippen molar-refractivity contribution in [2.45, 2.75) is 82.5 Å². The van der Waals surface area contributed by atoms with Crippen LogP contribution in [0.5, 0.6) is 0 Å². The molecule has 0 amide bonds. The van der Waals surface area contributed by atoms with Gasteiger partial charge >= 0.3 is 0 Å². The van der Waals surface area contributed by atoms with Crippen LogP contribution in [0.15, 0.2) is 291 Å². The first kappa shape index (κ1) is 54.6. The van der Waals surface area contributed by atoms with Gasteiger partial charge in [0.2, 0.25) is 6.71 Å². The lowest BCUT2D eigenvalue weighted by molar-refractivity contribution is 0.569. The van der Waals surface area contributed by atoms with E-state index in [1.54, 1.807) is 0 Å². The molecule has 16 rings (SSSR count). The molecule has 0 N–H and O–H groups in total. The summed E-state index contributed by atoms with van der Waals surface area (Å²) >= 11 is 0. The highest BCUT2D eigenvalue weighted by Crippen LogP contribution is 2.66. The van der Waals surface area contributed by atoms with Crippen molar-refractivity contribution in [2.24, 2.45) is 0 Å². The van der Waals surface area contributed by atoms with Crippen molar-refractivity contribution < 1.29 is 0 Å². The van der Waals surface area contributed by atoms with Crippen molar-refractivity contribution in [3.8, 4) is 44.5 Å². The third-order valence-electron chi connectivity index (χ3n) is 20.2. The summed E-state index contributed by atoms with van der Waals surface area (Å²) in [6, 6.07) is 112. The monoisotopic (exact) mass is 1140 g/mol. The number of rotatable bonds is 10. The first-order valence-electron chi connectivity index (χ1n) is 32.1. The molecule has 0 radical (unpaired) electrons. The predicted molar refractivity (Wildman–Crippen MR) is 379 cm³/mol. The van der Waals surface area contributed by atoms with E-state index in [2.05, 4.69) is 338 Å². The van der Waals surface area contributed by atoms with Gasteiger partial charge in [0.25, 0.3) is 0 Å². The molecule has 1 aliphatic carbocycles. The Hall–Kier alpha value is -9.76. The van der Waals surface area contributed by atoms with Crippen molar-refractivity contribution in [3.05, 3.63) is 336 Å². The van der Waals surface area contributed by atoms with Crippen LogP contribution < -0.4 is 21.3 Å². The van der Waals surface area contributed by atoms with Gasteiger partial charge in [0.05, 0.1) is 0 Å². The Morgan fingerprint density at radius 3 is 1.51 bits per heavy atom. The number of hydrogen-bond acceptors (Lipinski definition) is 1. The summed E-state index contributed by atoms with van der Waals surface area (Å²) in [5.74, 6) is 0.427. The molecule has 428 valence electrons. The maximum Gasteiger partial charge on any atom is 0.247 e. The fraction of sp³-hybridized carbons (Fsp3) is 0.149. The number of fused-ring (bicyclic) bond motifs is 9. The fourth-order valence-corrected chi connectivity index (χ4v) is 15.7. The molecule has 3 aliphatic rings. The van der Waals surface area contributed by atoms with Crippen LogP contribution in [0, 0.1) is 0 Å². The number of nitrogens with zero attached hydrogens (tertiary/aromatic N) is 1. The van der Waals surface area contributed by atoms with Crippen molar-refractivity contribution in [1.29, 1.82) is 0 Å². The van der Waals surface area contributed by atoms with E-state index in [1.807, 2.05) is 0 Å². The summed E-state index contributed by atoms with van der Waals surface area (Å²) in [7, 11) is 0. The van der Waals surface area contributed by atoms with Gasteiger partial charge in [-0.1, -0.05) is 296 Å². The zero-order chi connectivity index (χ0) is 60.2. The molecule has 1 nitrogen and oxygen atoms in total. The Morgan fingerprint density at radius 1 is 0.404 bits per heavy atom. The summed E-state index contributed by atoms with van der Waals surface area (Å²) in [5.41, 5.74) is 28.3. The Bertz CT molecular complexity index is 4770. The van der Waals surface area contributed by atoms with Gasteiger partial charge in [-0.3, -0.25) is 0 Å². The molecule has 0 saturated heterocycles. The first-order chi connectivity index (χ1) is 43.4. The number of benzene rings is 13. The van der Waals surface area contributed by atoms with E-state index in [0.29, 0.717) is 0 Å². The standard InChI is InChI=1S/C87H72BN/c1-85(2,3)67-50-63(51-68(55-67)86(4,5)6)61-47-62(49-65(48-61)83-72-40-24-22-38-70(72)82(59-32-16-9-17-33-59)71-39-23-25-41-73(71)83)64-53-76-84-81(54-64)89(69-36-20-11-21-37-69)80-43-27-26-42-79(80)88(84)78-45-44-60(52-75(78)77-56-87(76,77)66-34-18-10-19-35-66)74(58-30-14-8-15-31-58)46-57-28-12-7-13-29-57/h7-45,47-55,74,77H,46,56H2,1-6H3. The van der Waals surface area contributed by atoms with Gasteiger partial charge in [0, 0.05) is 28.4 Å². The Labute approximate surface area is 526 Å². The van der Waals surface area contributed by atoms with Gasteiger partial charge in [-0.05, 0) is 194 Å². The van der Waals surface area contributed by atoms with E-state index >= 15 is 0 Å². The maximum atomic E-state index is 2.68. The van der Waals surface area contributed by atoms with Crippen molar-refractivity contribution >= 4 is 61.7 Å². The Kier molecular flexibility index (Phi) is 13.0. The lowest BCUT2D eigenvalue weighted by Crippen LogP contribution is -2.59. The Morgan fingerprint density at radius 2 is 0.899 bits per heavy atom. The summed E-state index contributed by atoms with van der Waals surface area (Å²) in [5, 5.41) is 5.00. The minimum Gasteiger partial charge on any atom is -0.311 e. The van der Waals surface area contributed by atoms with Crippen LogP contribution in [0.3, 0.4) is 0 Å². The van der Waals surface area contributed by atoms with Gasteiger partial charge in [-0.2, -0.15) is 0 Å². The van der Waals surface area contributed by atoms with Crippen LogP contribution in [0.1, 0.15) is 104 Å². The molecule has 13 aromatic carbocycles. The van der Waals surface area contributed by atoms with Crippen LogP contribution in [0.2, 0.25) is 0 Å². The topological polar surface area (TPSA) is 3.24 Å². The molecular formula is C87H72BN. The number of hydrogen-bond donors (Lipinski definition) is 0. The van der Waals surface area contributed by atoms with Crippen molar-refractivity contribution in [3.63, 3.8) is 0 Å². The summed E-state index contributed by atoms with van der Waals surface area (Å²) in [6.07, 6.45) is 1.94. The van der Waals surface area contributed by atoms with E-state index in [9.17, 15) is 0 Å². The molecule has 0 spiro atoms. The highest BCUT2D eigenvalue weighted by atomic mass is 15.2. The fourth-order valence-electron chi connectivity index (χ4n) is 15.7. The van der Waals surface area contributed by atoms with E-state index in [-0.39, 0.29) is 34.8 Å². The molecule has 3 unspecified atom stereocenters. The van der Waals surface area contributed by atoms with Gasteiger partial charge in [-0.25, -0.2) is 0 Å². The third-order valence-corrected chi connectivity index (χ3v) is 20.2. The normalized spacial score (nSPS) is 16.0. The van der Waals surface area contributed by atoms with Crippen molar-refractivity contribution in [1.82, 2.24) is 0 Å². The zero-order valence-electron chi connectivity index (χ0n) is 51.8. The Balaban J connectivity index is 0.999. The molecular weight excluding hydrogens is 1070 g/mol. The minimum absolute atomic E-state index is 0.00865. The van der Waals surface area contributed by atoms with E-state index < -0.39 is 0 Å².